The fourth-order valence-corrected chi connectivity index (χ4v) is 3.89. The second kappa shape index (κ2) is 9.29. The Kier molecular flexibility index (Phi) is 7.33. The standard InChI is InChI=1S/C22H28O4S/c1-15(27-18-9-7-6-8-10-18)19(21(24)26-22(2,3)4)20(23)16-11-13-17(25-5)14-12-16/h6-15,19-20,23H,1-5H3/t15-,19-,20+/m0/s1. The first-order chi connectivity index (χ1) is 12.7. The quantitative estimate of drug-likeness (QED) is 0.542. The van der Waals surface area contributed by atoms with Gasteiger partial charge in [0.2, 0.25) is 0 Å². The molecule has 0 heterocycles. The van der Waals surface area contributed by atoms with Crippen molar-refractivity contribution in [2.75, 3.05) is 7.11 Å². The highest BCUT2D eigenvalue weighted by molar-refractivity contribution is 8.00. The van der Waals surface area contributed by atoms with Gasteiger partial charge >= 0.3 is 5.97 Å². The fourth-order valence-electron chi connectivity index (χ4n) is 2.74. The zero-order valence-electron chi connectivity index (χ0n) is 16.5. The number of benzene rings is 2. The van der Waals surface area contributed by atoms with Crippen molar-refractivity contribution in [2.24, 2.45) is 5.92 Å². The van der Waals surface area contributed by atoms with Crippen LogP contribution in [0.4, 0.5) is 0 Å². The van der Waals surface area contributed by atoms with E-state index in [0.717, 1.165) is 4.90 Å². The molecule has 5 heteroatoms. The SMILES string of the molecule is COc1ccc([C@@H](O)[C@@H](C(=O)OC(C)(C)C)[C@H](C)Sc2ccccc2)cc1. The van der Waals surface area contributed by atoms with Gasteiger partial charge in [0.25, 0.3) is 0 Å². The molecule has 2 aromatic carbocycles. The van der Waals surface area contributed by atoms with Gasteiger partial charge < -0.3 is 14.6 Å². The van der Waals surface area contributed by atoms with Crippen LogP contribution in [0, 0.1) is 5.92 Å². The van der Waals surface area contributed by atoms with Crippen LogP contribution in [0.5, 0.6) is 5.75 Å². The molecule has 146 valence electrons. The monoisotopic (exact) mass is 388 g/mol. The lowest BCUT2D eigenvalue weighted by Crippen LogP contribution is -2.36. The lowest BCUT2D eigenvalue weighted by molar-refractivity contribution is -0.164. The topological polar surface area (TPSA) is 55.8 Å². The lowest BCUT2D eigenvalue weighted by atomic mass is 9.92. The zero-order chi connectivity index (χ0) is 20.0. The zero-order valence-corrected chi connectivity index (χ0v) is 17.3. The summed E-state index contributed by atoms with van der Waals surface area (Å²) in [5, 5.41) is 10.8. The number of methoxy groups -OCH3 is 1. The number of aliphatic hydroxyl groups excluding tert-OH is 1. The maximum absolute atomic E-state index is 12.9. The number of hydrogen-bond donors (Lipinski definition) is 1. The number of hydrogen-bond acceptors (Lipinski definition) is 5. The summed E-state index contributed by atoms with van der Waals surface area (Å²) in [5.41, 5.74) is 0.0405. The predicted molar refractivity (Wildman–Crippen MR) is 109 cm³/mol. The van der Waals surface area contributed by atoms with E-state index in [1.165, 1.54) is 0 Å². The van der Waals surface area contributed by atoms with Crippen molar-refractivity contribution in [2.45, 2.75) is 49.5 Å². The normalized spacial score (nSPS) is 14.9. The second-order valence-electron chi connectivity index (χ2n) is 7.41. The van der Waals surface area contributed by atoms with Crippen LogP contribution in [0.3, 0.4) is 0 Å². The highest BCUT2D eigenvalue weighted by Crippen LogP contribution is 2.36. The molecule has 27 heavy (non-hydrogen) atoms. The maximum Gasteiger partial charge on any atom is 0.313 e. The van der Waals surface area contributed by atoms with E-state index in [4.69, 9.17) is 9.47 Å². The van der Waals surface area contributed by atoms with Gasteiger partial charge in [0, 0.05) is 10.1 Å². The van der Waals surface area contributed by atoms with Crippen molar-refractivity contribution in [3.63, 3.8) is 0 Å². The average molecular weight is 389 g/mol. The number of carbonyl (C=O) groups excluding carboxylic acids is 1. The van der Waals surface area contributed by atoms with Crippen LogP contribution < -0.4 is 4.74 Å². The van der Waals surface area contributed by atoms with Gasteiger partial charge in [-0.15, -0.1) is 11.8 Å². The molecule has 0 fully saturated rings. The summed E-state index contributed by atoms with van der Waals surface area (Å²) in [4.78, 5) is 14.0. The Balaban J connectivity index is 2.28. The van der Waals surface area contributed by atoms with Crippen LogP contribution >= 0.6 is 11.8 Å². The van der Waals surface area contributed by atoms with Crippen LogP contribution in [-0.2, 0) is 9.53 Å². The van der Waals surface area contributed by atoms with E-state index >= 15 is 0 Å². The first kappa shape index (κ1) is 21.3. The predicted octanol–water partition coefficient (Wildman–Crippen LogP) is 4.87. The largest absolute Gasteiger partial charge is 0.497 e. The third-order valence-corrected chi connectivity index (χ3v) is 5.26. The molecule has 0 unspecified atom stereocenters. The highest BCUT2D eigenvalue weighted by atomic mass is 32.2. The molecule has 0 radical (unpaired) electrons. The molecule has 2 aromatic rings. The summed E-state index contributed by atoms with van der Waals surface area (Å²) in [7, 11) is 1.59. The summed E-state index contributed by atoms with van der Waals surface area (Å²) in [6.45, 7) is 7.43. The van der Waals surface area contributed by atoms with E-state index < -0.39 is 23.6 Å². The lowest BCUT2D eigenvalue weighted by Gasteiger charge is -2.30. The molecule has 0 aliphatic heterocycles. The molecule has 0 saturated carbocycles. The molecule has 0 spiro atoms. The minimum atomic E-state index is -0.975. The van der Waals surface area contributed by atoms with Gasteiger partial charge in [-0.3, -0.25) is 4.79 Å². The summed E-state index contributed by atoms with van der Waals surface area (Å²) < 4.78 is 10.8. The van der Waals surface area contributed by atoms with E-state index in [9.17, 15) is 9.90 Å². The third-order valence-electron chi connectivity index (χ3n) is 4.05. The van der Waals surface area contributed by atoms with Crippen molar-refractivity contribution in [3.8, 4) is 5.75 Å². The highest BCUT2D eigenvalue weighted by Gasteiger charge is 2.37. The number of esters is 1. The van der Waals surface area contributed by atoms with Crippen molar-refractivity contribution >= 4 is 17.7 Å². The third kappa shape index (κ3) is 6.29. The average Bonchev–Trinajstić information content (AvgIpc) is 2.61. The van der Waals surface area contributed by atoms with Crippen LogP contribution in [0.15, 0.2) is 59.5 Å². The van der Waals surface area contributed by atoms with E-state index in [1.54, 1.807) is 43.1 Å². The molecule has 0 amide bonds. The van der Waals surface area contributed by atoms with Crippen molar-refractivity contribution in [3.05, 3.63) is 60.2 Å². The van der Waals surface area contributed by atoms with Crippen molar-refractivity contribution in [1.82, 2.24) is 0 Å². The van der Waals surface area contributed by atoms with Crippen LogP contribution in [0.1, 0.15) is 39.4 Å². The van der Waals surface area contributed by atoms with Gasteiger partial charge in [0.1, 0.15) is 11.4 Å². The summed E-state index contributed by atoms with van der Waals surface area (Å²) in [6, 6.07) is 17.0. The molecule has 0 aromatic heterocycles. The number of rotatable bonds is 7. The molecular formula is C22H28O4S. The Morgan fingerprint density at radius 2 is 1.63 bits per heavy atom. The first-order valence-corrected chi connectivity index (χ1v) is 9.86. The molecule has 1 N–H and O–H groups in total. The second-order valence-corrected chi connectivity index (χ2v) is 8.86. The molecule has 0 aliphatic carbocycles. The summed E-state index contributed by atoms with van der Waals surface area (Å²) in [6.07, 6.45) is -0.975. The van der Waals surface area contributed by atoms with Crippen LogP contribution in [0.25, 0.3) is 0 Å². The number of aliphatic hydroxyl groups is 1. The van der Waals surface area contributed by atoms with Crippen molar-refractivity contribution in [1.29, 1.82) is 0 Å². The van der Waals surface area contributed by atoms with E-state index in [0.29, 0.717) is 11.3 Å². The van der Waals surface area contributed by atoms with E-state index in [-0.39, 0.29) is 5.25 Å². The maximum atomic E-state index is 12.9. The Morgan fingerprint density at radius 3 is 2.15 bits per heavy atom. The van der Waals surface area contributed by atoms with Gasteiger partial charge in [-0.1, -0.05) is 37.3 Å². The van der Waals surface area contributed by atoms with Gasteiger partial charge in [0.05, 0.1) is 19.1 Å². The first-order valence-electron chi connectivity index (χ1n) is 8.98. The molecule has 3 atom stereocenters. The van der Waals surface area contributed by atoms with Crippen LogP contribution in [-0.4, -0.2) is 29.0 Å². The summed E-state index contributed by atoms with van der Waals surface area (Å²) >= 11 is 1.55. The Hall–Kier alpha value is -1.98. The van der Waals surface area contributed by atoms with Gasteiger partial charge in [-0.2, -0.15) is 0 Å². The van der Waals surface area contributed by atoms with Gasteiger partial charge in [-0.05, 0) is 50.6 Å². The number of thioether (sulfide) groups is 1. The van der Waals surface area contributed by atoms with Gasteiger partial charge in [0.15, 0.2) is 0 Å². The van der Waals surface area contributed by atoms with Gasteiger partial charge in [-0.25, -0.2) is 0 Å². The Bertz CT molecular complexity index is 722. The molecule has 4 nitrogen and oxygen atoms in total. The molecular weight excluding hydrogens is 360 g/mol. The molecule has 0 bridgehead atoms. The minimum absolute atomic E-state index is 0.181. The van der Waals surface area contributed by atoms with Crippen molar-refractivity contribution < 1.29 is 19.4 Å². The summed E-state index contributed by atoms with van der Waals surface area (Å²) in [5.74, 6) is -0.406. The molecule has 0 aliphatic rings. The fraction of sp³-hybridized carbons (Fsp3) is 0.409. The minimum Gasteiger partial charge on any atom is -0.497 e. The van der Waals surface area contributed by atoms with E-state index in [1.807, 2.05) is 58.0 Å². The van der Waals surface area contributed by atoms with Crippen LogP contribution in [0.2, 0.25) is 0 Å². The molecule has 2 rings (SSSR count). The Morgan fingerprint density at radius 1 is 1.04 bits per heavy atom. The number of carbonyl (C=O) groups is 1. The van der Waals surface area contributed by atoms with E-state index in [2.05, 4.69) is 0 Å². The molecule has 0 saturated heterocycles. The smallest absolute Gasteiger partial charge is 0.313 e. The Labute approximate surface area is 165 Å². The number of ether oxygens (including phenoxy) is 2.